The number of para-hydroxylation sites is 1. The Balaban J connectivity index is 1.53. The minimum Gasteiger partial charge on any atom is -0.349 e. The zero-order valence-electron chi connectivity index (χ0n) is 20.1. The molecule has 180 valence electrons. The lowest BCUT2D eigenvalue weighted by molar-refractivity contribution is -0.113. The minimum atomic E-state index is -0.239. The van der Waals surface area contributed by atoms with Crippen LogP contribution in [0.3, 0.4) is 0 Å². The molecular weight excluding hydrogens is 472 g/mol. The van der Waals surface area contributed by atoms with Gasteiger partial charge < -0.3 is 10.3 Å². The van der Waals surface area contributed by atoms with Crippen molar-refractivity contribution in [3.05, 3.63) is 93.8 Å². The highest BCUT2D eigenvalue weighted by Gasteiger charge is 2.19. The Hall–Kier alpha value is -4.17. The first-order chi connectivity index (χ1) is 17.3. The summed E-state index contributed by atoms with van der Waals surface area (Å²) in [4.78, 5) is 46.1. The summed E-state index contributed by atoms with van der Waals surface area (Å²) >= 11 is 1.20. The Bertz CT molecular complexity index is 1700. The topological polar surface area (TPSA) is 96.8 Å². The zero-order chi connectivity index (χ0) is 25.4. The molecule has 0 spiro atoms. The van der Waals surface area contributed by atoms with Gasteiger partial charge in [-0.1, -0.05) is 42.1 Å². The second kappa shape index (κ2) is 9.47. The summed E-state index contributed by atoms with van der Waals surface area (Å²) in [6, 6.07) is 20.3. The molecule has 0 aliphatic heterocycles. The number of thioether (sulfide) groups is 1. The smallest absolute Gasteiger partial charge is 0.283 e. The van der Waals surface area contributed by atoms with E-state index in [-0.39, 0.29) is 23.0 Å². The summed E-state index contributed by atoms with van der Waals surface area (Å²) in [5.41, 5.74) is 5.48. The quantitative estimate of drug-likeness (QED) is 0.186. The first kappa shape index (κ1) is 23.6. The molecule has 0 unspecified atom stereocenters. The van der Waals surface area contributed by atoms with Crippen molar-refractivity contribution >= 4 is 51.1 Å². The van der Waals surface area contributed by atoms with Crippen molar-refractivity contribution in [3.63, 3.8) is 0 Å². The summed E-state index contributed by atoms with van der Waals surface area (Å²) in [6.45, 7) is 5.42. The van der Waals surface area contributed by atoms with Crippen LogP contribution >= 0.6 is 11.8 Å². The van der Waals surface area contributed by atoms with E-state index in [0.29, 0.717) is 27.4 Å². The Morgan fingerprint density at radius 3 is 2.53 bits per heavy atom. The molecule has 5 rings (SSSR count). The van der Waals surface area contributed by atoms with Crippen molar-refractivity contribution < 1.29 is 9.59 Å². The van der Waals surface area contributed by atoms with Crippen LogP contribution in [-0.2, 0) is 4.79 Å². The molecule has 0 aliphatic rings. The van der Waals surface area contributed by atoms with Gasteiger partial charge >= 0.3 is 0 Å². The Morgan fingerprint density at radius 2 is 1.78 bits per heavy atom. The number of fused-ring (bicyclic) bond motifs is 3. The fourth-order valence-electron chi connectivity index (χ4n) is 4.13. The molecule has 0 saturated heterocycles. The maximum atomic E-state index is 13.8. The number of rotatable bonds is 6. The fraction of sp³-hybridized carbons (Fsp3) is 0.143. The molecule has 3 aromatic carbocycles. The van der Waals surface area contributed by atoms with E-state index in [1.54, 1.807) is 28.8 Å². The predicted molar refractivity (Wildman–Crippen MR) is 144 cm³/mol. The predicted octanol–water partition coefficient (Wildman–Crippen LogP) is 5.42. The molecule has 0 bridgehead atoms. The lowest BCUT2D eigenvalue weighted by Crippen LogP contribution is -2.23. The number of aromatic amines is 1. The van der Waals surface area contributed by atoms with Crippen molar-refractivity contribution in [2.45, 2.75) is 25.9 Å². The fourth-order valence-corrected chi connectivity index (χ4v) is 4.93. The number of aromatic nitrogens is 3. The van der Waals surface area contributed by atoms with Gasteiger partial charge in [0, 0.05) is 22.2 Å². The number of hydrogen-bond acceptors (Lipinski definition) is 5. The van der Waals surface area contributed by atoms with E-state index in [0.717, 1.165) is 27.7 Å². The van der Waals surface area contributed by atoms with Crippen LogP contribution in [0.25, 0.3) is 27.6 Å². The molecule has 8 heteroatoms. The molecular formula is C28H24N4O3S. The van der Waals surface area contributed by atoms with Crippen LogP contribution in [0.15, 0.2) is 76.7 Å². The number of aryl methyl sites for hydroxylation is 2. The molecule has 2 aromatic heterocycles. The van der Waals surface area contributed by atoms with E-state index in [1.165, 1.54) is 18.7 Å². The third kappa shape index (κ3) is 4.43. The molecule has 36 heavy (non-hydrogen) atoms. The third-order valence-corrected chi connectivity index (χ3v) is 6.95. The summed E-state index contributed by atoms with van der Waals surface area (Å²) in [5.74, 6) is -0.220. The van der Waals surface area contributed by atoms with Crippen LogP contribution in [0.4, 0.5) is 5.69 Å². The van der Waals surface area contributed by atoms with Gasteiger partial charge in [-0.15, -0.1) is 0 Å². The highest BCUT2D eigenvalue weighted by atomic mass is 32.2. The number of H-pyrrole nitrogens is 1. The SMILES string of the molecule is CC(=O)c1ccc(NC(=O)CSc2nc3c([nH]c4ccccc43)c(=O)n2-c2cc(C)ccc2C)cc1. The first-order valence-electron chi connectivity index (χ1n) is 11.5. The summed E-state index contributed by atoms with van der Waals surface area (Å²) in [5, 5.41) is 4.14. The van der Waals surface area contributed by atoms with Gasteiger partial charge in [0.2, 0.25) is 5.91 Å². The number of carbonyl (C=O) groups excluding carboxylic acids is 2. The molecule has 1 amide bonds. The second-order valence-electron chi connectivity index (χ2n) is 8.69. The van der Waals surface area contributed by atoms with Gasteiger partial charge in [-0.3, -0.25) is 19.0 Å². The van der Waals surface area contributed by atoms with Gasteiger partial charge in [-0.2, -0.15) is 0 Å². The number of nitrogens with zero attached hydrogens (tertiary/aromatic N) is 2. The molecule has 2 N–H and O–H groups in total. The lowest BCUT2D eigenvalue weighted by Gasteiger charge is -2.15. The van der Waals surface area contributed by atoms with E-state index >= 15 is 0 Å². The number of nitrogens with one attached hydrogen (secondary N) is 2. The van der Waals surface area contributed by atoms with E-state index in [9.17, 15) is 14.4 Å². The van der Waals surface area contributed by atoms with Crippen molar-refractivity contribution in [1.82, 2.24) is 14.5 Å². The highest BCUT2D eigenvalue weighted by molar-refractivity contribution is 7.99. The Labute approximate surface area is 211 Å². The molecule has 0 saturated carbocycles. The van der Waals surface area contributed by atoms with E-state index in [1.807, 2.05) is 56.3 Å². The van der Waals surface area contributed by atoms with Gasteiger partial charge in [0.15, 0.2) is 10.9 Å². The number of hydrogen-bond donors (Lipinski definition) is 2. The van der Waals surface area contributed by atoms with Crippen molar-refractivity contribution in [2.24, 2.45) is 0 Å². The van der Waals surface area contributed by atoms with E-state index in [2.05, 4.69) is 10.3 Å². The molecule has 5 aromatic rings. The van der Waals surface area contributed by atoms with Crippen LogP contribution in [0, 0.1) is 13.8 Å². The number of benzene rings is 3. The highest BCUT2D eigenvalue weighted by Crippen LogP contribution is 2.27. The van der Waals surface area contributed by atoms with Crippen LogP contribution < -0.4 is 10.9 Å². The number of carbonyl (C=O) groups is 2. The van der Waals surface area contributed by atoms with Crippen LogP contribution in [-0.4, -0.2) is 32.0 Å². The molecule has 0 fully saturated rings. The molecule has 0 aliphatic carbocycles. The largest absolute Gasteiger partial charge is 0.349 e. The summed E-state index contributed by atoms with van der Waals surface area (Å²) in [7, 11) is 0. The van der Waals surface area contributed by atoms with Crippen LogP contribution in [0.2, 0.25) is 0 Å². The van der Waals surface area contributed by atoms with Gasteiger partial charge in [0.1, 0.15) is 11.0 Å². The summed E-state index contributed by atoms with van der Waals surface area (Å²) in [6.07, 6.45) is 0. The average Bonchev–Trinajstić information content (AvgIpc) is 3.24. The third-order valence-electron chi connectivity index (χ3n) is 6.01. The minimum absolute atomic E-state index is 0.0356. The van der Waals surface area contributed by atoms with Crippen molar-refractivity contribution in [3.8, 4) is 5.69 Å². The van der Waals surface area contributed by atoms with Crippen LogP contribution in [0.1, 0.15) is 28.4 Å². The lowest BCUT2D eigenvalue weighted by atomic mass is 10.1. The summed E-state index contributed by atoms with van der Waals surface area (Å²) < 4.78 is 1.58. The maximum Gasteiger partial charge on any atom is 0.283 e. The second-order valence-corrected chi connectivity index (χ2v) is 9.63. The first-order valence-corrected chi connectivity index (χ1v) is 12.4. The zero-order valence-corrected chi connectivity index (χ0v) is 20.9. The monoisotopic (exact) mass is 496 g/mol. The van der Waals surface area contributed by atoms with Gasteiger partial charge in [-0.05, 0) is 68.3 Å². The Kier molecular flexibility index (Phi) is 6.20. The van der Waals surface area contributed by atoms with Gasteiger partial charge in [0.05, 0.1) is 11.4 Å². The standard InChI is InChI=1S/C28H24N4O3S/c1-16-8-9-17(2)23(14-16)32-27(35)26-25(21-6-4-5-7-22(21)30-26)31-28(32)36-15-24(34)29-20-12-10-19(11-13-20)18(3)33/h4-14,30H,15H2,1-3H3,(H,29,34). The normalized spacial score (nSPS) is 11.2. The van der Waals surface area contributed by atoms with E-state index in [4.69, 9.17) is 4.98 Å². The Morgan fingerprint density at radius 1 is 1.03 bits per heavy atom. The molecule has 7 nitrogen and oxygen atoms in total. The number of anilines is 1. The molecule has 0 atom stereocenters. The number of Topliss-reactive ketones (excluding diaryl/α,β-unsaturated/α-hetero) is 1. The molecule has 2 heterocycles. The average molecular weight is 497 g/mol. The maximum absolute atomic E-state index is 13.8. The van der Waals surface area contributed by atoms with E-state index < -0.39 is 0 Å². The van der Waals surface area contributed by atoms with Gasteiger partial charge in [0.25, 0.3) is 5.56 Å². The number of ketones is 1. The number of amides is 1. The van der Waals surface area contributed by atoms with Crippen molar-refractivity contribution in [2.75, 3.05) is 11.1 Å². The molecule has 0 radical (unpaired) electrons. The van der Waals surface area contributed by atoms with Gasteiger partial charge in [-0.25, -0.2) is 4.98 Å². The van der Waals surface area contributed by atoms with Crippen LogP contribution in [0.5, 0.6) is 0 Å². The van der Waals surface area contributed by atoms with Crippen molar-refractivity contribution in [1.29, 1.82) is 0 Å².